The lowest BCUT2D eigenvalue weighted by Gasteiger charge is -2.08. The number of aromatic amines is 1. The summed E-state index contributed by atoms with van der Waals surface area (Å²) in [5.74, 6) is 0. The maximum Gasteiger partial charge on any atom is 0.101 e. The summed E-state index contributed by atoms with van der Waals surface area (Å²) in [7, 11) is 0. The van der Waals surface area contributed by atoms with Crippen molar-refractivity contribution in [2.45, 2.75) is 6.92 Å². The molecule has 5 heteroatoms. The van der Waals surface area contributed by atoms with Gasteiger partial charge in [-0.15, -0.1) is 0 Å². The minimum atomic E-state index is 0.560. The highest BCUT2D eigenvalue weighted by molar-refractivity contribution is 5.81. The number of H-pyrrole nitrogens is 1. The van der Waals surface area contributed by atoms with Gasteiger partial charge in [0.05, 0.1) is 11.3 Å². The molecule has 4 aromatic rings. The van der Waals surface area contributed by atoms with Crippen LogP contribution in [0.2, 0.25) is 0 Å². The Morgan fingerprint density at radius 3 is 2.31 bits per heavy atom. The molecule has 0 saturated carbocycles. The molecule has 0 unspecified atom stereocenters. The van der Waals surface area contributed by atoms with Crippen molar-refractivity contribution in [3.8, 4) is 39.6 Å². The molecule has 0 fully saturated rings. The molecule has 3 aromatic heterocycles. The van der Waals surface area contributed by atoms with E-state index < -0.39 is 0 Å². The second kappa shape index (κ2) is 6.61. The highest BCUT2D eigenvalue weighted by atomic mass is 15.1. The van der Waals surface area contributed by atoms with Crippen LogP contribution in [0.1, 0.15) is 11.3 Å². The Balaban J connectivity index is 1.73. The summed E-state index contributed by atoms with van der Waals surface area (Å²) in [6, 6.07) is 16.1. The van der Waals surface area contributed by atoms with Gasteiger partial charge in [0.15, 0.2) is 0 Å². The van der Waals surface area contributed by atoms with Crippen LogP contribution in [-0.2, 0) is 0 Å². The summed E-state index contributed by atoms with van der Waals surface area (Å²) in [4.78, 5) is 8.37. The van der Waals surface area contributed by atoms with E-state index in [9.17, 15) is 0 Å². The standard InChI is InChI=1S/C21H15N5/c1-14-19(10-15(11-22)12-24-14)16-2-4-17(5-3-16)20-13-25-26-21(20)18-6-8-23-9-7-18/h2-10,12-13H,1H3,(H,25,26). The molecule has 124 valence electrons. The first-order valence-electron chi connectivity index (χ1n) is 8.18. The van der Waals surface area contributed by atoms with Crippen molar-refractivity contribution in [2.24, 2.45) is 0 Å². The molecule has 26 heavy (non-hydrogen) atoms. The molecule has 4 rings (SSSR count). The molecule has 0 amide bonds. The molecule has 0 radical (unpaired) electrons. The number of aromatic nitrogens is 4. The SMILES string of the molecule is Cc1ncc(C#N)cc1-c1ccc(-c2c[nH]nc2-c2ccncc2)cc1. The number of nitriles is 1. The fourth-order valence-corrected chi connectivity index (χ4v) is 2.96. The fraction of sp³-hybridized carbons (Fsp3) is 0.0476. The Morgan fingerprint density at radius 1 is 0.923 bits per heavy atom. The summed E-state index contributed by atoms with van der Waals surface area (Å²) in [5, 5.41) is 16.4. The lowest BCUT2D eigenvalue weighted by Crippen LogP contribution is -1.90. The Bertz CT molecular complexity index is 1090. The average molecular weight is 337 g/mol. The topological polar surface area (TPSA) is 78.2 Å². The third-order valence-corrected chi connectivity index (χ3v) is 4.32. The second-order valence-electron chi connectivity index (χ2n) is 5.93. The highest BCUT2D eigenvalue weighted by Crippen LogP contribution is 2.32. The van der Waals surface area contributed by atoms with Crippen LogP contribution in [0, 0.1) is 18.3 Å². The normalized spacial score (nSPS) is 10.5. The molecule has 0 aliphatic rings. The summed E-state index contributed by atoms with van der Waals surface area (Å²) < 4.78 is 0. The number of hydrogen-bond acceptors (Lipinski definition) is 4. The summed E-state index contributed by atoms with van der Waals surface area (Å²) in [6.07, 6.45) is 7.01. The van der Waals surface area contributed by atoms with Gasteiger partial charge in [-0.1, -0.05) is 24.3 Å². The monoisotopic (exact) mass is 337 g/mol. The van der Waals surface area contributed by atoms with Crippen LogP contribution in [-0.4, -0.2) is 20.2 Å². The molecule has 0 bridgehead atoms. The minimum absolute atomic E-state index is 0.560. The zero-order valence-electron chi connectivity index (χ0n) is 14.1. The van der Waals surface area contributed by atoms with Gasteiger partial charge in [0, 0.05) is 47.2 Å². The second-order valence-corrected chi connectivity index (χ2v) is 5.93. The molecule has 1 N–H and O–H groups in total. The van der Waals surface area contributed by atoms with Gasteiger partial charge >= 0.3 is 0 Å². The Labute approximate surface area is 151 Å². The summed E-state index contributed by atoms with van der Waals surface area (Å²) in [6.45, 7) is 1.95. The Hall–Kier alpha value is -3.78. The largest absolute Gasteiger partial charge is 0.284 e. The molecule has 0 aliphatic carbocycles. The van der Waals surface area contributed by atoms with E-state index in [2.05, 4.69) is 38.4 Å². The van der Waals surface area contributed by atoms with Gasteiger partial charge in [-0.25, -0.2) is 0 Å². The summed E-state index contributed by atoms with van der Waals surface area (Å²) >= 11 is 0. The number of rotatable bonds is 3. The van der Waals surface area contributed by atoms with Crippen LogP contribution in [0.5, 0.6) is 0 Å². The van der Waals surface area contributed by atoms with E-state index in [0.29, 0.717) is 5.56 Å². The number of aryl methyl sites for hydroxylation is 1. The Kier molecular flexibility index (Phi) is 4.00. The van der Waals surface area contributed by atoms with Gasteiger partial charge in [0.2, 0.25) is 0 Å². The van der Waals surface area contributed by atoms with E-state index in [1.54, 1.807) is 18.6 Å². The van der Waals surface area contributed by atoms with Gasteiger partial charge in [0.25, 0.3) is 0 Å². The maximum absolute atomic E-state index is 9.10. The number of nitrogens with zero attached hydrogens (tertiary/aromatic N) is 4. The zero-order valence-corrected chi connectivity index (χ0v) is 14.1. The third-order valence-electron chi connectivity index (χ3n) is 4.32. The third kappa shape index (κ3) is 2.85. The maximum atomic E-state index is 9.10. The lowest BCUT2D eigenvalue weighted by molar-refractivity contribution is 1.09. The van der Waals surface area contributed by atoms with Gasteiger partial charge < -0.3 is 0 Å². The number of pyridine rings is 2. The molecule has 5 nitrogen and oxygen atoms in total. The van der Waals surface area contributed by atoms with E-state index in [0.717, 1.165) is 39.2 Å². The lowest BCUT2D eigenvalue weighted by atomic mass is 9.98. The van der Waals surface area contributed by atoms with E-state index in [1.807, 2.05) is 43.5 Å². The van der Waals surface area contributed by atoms with Crippen LogP contribution in [0.25, 0.3) is 33.5 Å². The van der Waals surface area contributed by atoms with E-state index >= 15 is 0 Å². The van der Waals surface area contributed by atoms with Gasteiger partial charge in [-0.05, 0) is 36.2 Å². The number of benzene rings is 1. The first kappa shape index (κ1) is 15.7. The first-order valence-corrected chi connectivity index (χ1v) is 8.18. The van der Waals surface area contributed by atoms with E-state index in [4.69, 9.17) is 5.26 Å². The van der Waals surface area contributed by atoms with Crippen LogP contribution in [0.4, 0.5) is 0 Å². The molecule has 1 aromatic carbocycles. The van der Waals surface area contributed by atoms with E-state index in [-0.39, 0.29) is 0 Å². The van der Waals surface area contributed by atoms with Gasteiger partial charge in [0.1, 0.15) is 6.07 Å². The van der Waals surface area contributed by atoms with Crippen molar-refractivity contribution < 1.29 is 0 Å². The Morgan fingerprint density at radius 2 is 1.62 bits per heavy atom. The molecular formula is C21H15N5. The fourth-order valence-electron chi connectivity index (χ4n) is 2.96. The van der Waals surface area contributed by atoms with Crippen LogP contribution < -0.4 is 0 Å². The smallest absolute Gasteiger partial charge is 0.101 e. The predicted molar refractivity (Wildman–Crippen MR) is 99.9 cm³/mol. The first-order chi connectivity index (χ1) is 12.8. The molecule has 0 atom stereocenters. The van der Waals surface area contributed by atoms with Crippen molar-refractivity contribution >= 4 is 0 Å². The predicted octanol–water partition coefficient (Wildman–Crippen LogP) is 4.38. The van der Waals surface area contributed by atoms with Crippen molar-refractivity contribution in [2.75, 3.05) is 0 Å². The van der Waals surface area contributed by atoms with Crippen molar-refractivity contribution in [3.63, 3.8) is 0 Å². The quantitative estimate of drug-likeness (QED) is 0.602. The van der Waals surface area contributed by atoms with Gasteiger partial charge in [-0.2, -0.15) is 10.4 Å². The minimum Gasteiger partial charge on any atom is -0.284 e. The number of nitrogens with one attached hydrogen (secondary N) is 1. The molecule has 0 spiro atoms. The molecule has 0 aliphatic heterocycles. The van der Waals surface area contributed by atoms with Gasteiger partial charge in [-0.3, -0.25) is 15.1 Å². The van der Waals surface area contributed by atoms with Crippen molar-refractivity contribution in [1.82, 2.24) is 20.2 Å². The molecule has 3 heterocycles. The number of hydrogen-bond donors (Lipinski definition) is 1. The van der Waals surface area contributed by atoms with Crippen LogP contribution >= 0.6 is 0 Å². The van der Waals surface area contributed by atoms with E-state index in [1.165, 1.54) is 0 Å². The molecular weight excluding hydrogens is 322 g/mol. The summed E-state index contributed by atoms with van der Waals surface area (Å²) in [5.41, 5.74) is 7.47. The van der Waals surface area contributed by atoms with Crippen LogP contribution in [0.3, 0.4) is 0 Å². The van der Waals surface area contributed by atoms with Crippen LogP contribution in [0.15, 0.2) is 67.3 Å². The van der Waals surface area contributed by atoms with Crippen molar-refractivity contribution in [3.05, 3.63) is 78.5 Å². The van der Waals surface area contributed by atoms with Crippen molar-refractivity contribution in [1.29, 1.82) is 5.26 Å². The average Bonchev–Trinajstić information content (AvgIpc) is 3.19. The zero-order chi connectivity index (χ0) is 17.9. The highest BCUT2D eigenvalue weighted by Gasteiger charge is 2.11. The molecule has 0 saturated heterocycles.